The van der Waals surface area contributed by atoms with Crippen LogP contribution in [0.1, 0.15) is 22.8 Å². The number of aliphatic hydroxyl groups is 1. The van der Waals surface area contributed by atoms with Gasteiger partial charge < -0.3 is 10.1 Å². The molecule has 0 unspecified atom stereocenters. The summed E-state index contributed by atoms with van der Waals surface area (Å²) in [5.41, 5.74) is 5.80. The van der Waals surface area contributed by atoms with Crippen molar-refractivity contribution in [2.75, 3.05) is 0 Å². The van der Waals surface area contributed by atoms with Crippen LogP contribution in [0.15, 0.2) is 128 Å². The van der Waals surface area contributed by atoms with Gasteiger partial charge in [0.1, 0.15) is 0 Å². The molecule has 0 atom stereocenters. The third-order valence-electron chi connectivity index (χ3n) is 5.63. The average molecular weight is 661 g/mol. The fourth-order valence-corrected chi connectivity index (χ4v) is 3.79. The van der Waals surface area contributed by atoms with Crippen LogP contribution in [0, 0.1) is 6.07 Å². The van der Waals surface area contributed by atoms with E-state index in [0.29, 0.717) is 5.56 Å². The van der Waals surface area contributed by atoms with Crippen LogP contribution in [0.25, 0.3) is 39.2 Å². The van der Waals surface area contributed by atoms with Crippen molar-refractivity contribution in [2.24, 2.45) is 0 Å². The molecule has 5 aromatic rings. The van der Waals surface area contributed by atoms with E-state index in [1.165, 1.54) is 23.8 Å². The van der Waals surface area contributed by atoms with Gasteiger partial charge in [0.05, 0.1) is 5.76 Å². The van der Waals surface area contributed by atoms with Gasteiger partial charge in [0.25, 0.3) is 0 Å². The molecule has 3 nitrogen and oxygen atoms in total. The second-order valence-corrected chi connectivity index (χ2v) is 8.21. The number of hydrogen-bond acceptors (Lipinski definition) is 3. The van der Waals surface area contributed by atoms with Crippen LogP contribution in [-0.4, -0.2) is 15.9 Å². The number of carbonyl (C=O) groups excluding carboxylic acids is 1. The Morgan fingerprint density at radius 3 is 2.14 bits per heavy atom. The van der Waals surface area contributed by atoms with Gasteiger partial charge in [-0.15, -0.1) is 35.9 Å². The van der Waals surface area contributed by atoms with Crippen molar-refractivity contribution in [3.8, 4) is 22.4 Å². The molecule has 0 spiro atoms. The molecule has 0 saturated heterocycles. The second kappa shape index (κ2) is 13.3. The third kappa shape index (κ3) is 7.20. The summed E-state index contributed by atoms with van der Waals surface area (Å²) in [5, 5.41) is 11.5. The SMILES string of the molecule is C=Cc1ccc(-c2ccc(C(=O)/C=C(/C)O)cc2)cc1.[Ir].[c-]1ccccc1-c1nccc2ccccc12. The number of hydrogen-bond donors (Lipinski definition) is 1. The zero-order chi connectivity index (χ0) is 25.3. The zero-order valence-electron chi connectivity index (χ0n) is 20.4. The summed E-state index contributed by atoms with van der Waals surface area (Å²) in [4.78, 5) is 16.2. The number of nitrogens with zero attached hydrogens (tertiary/aromatic N) is 1. The Bertz CT molecular complexity index is 1500. The quantitative estimate of drug-likeness (QED) is 0.0893. The molecule has 0 aliphatic carbocycles. The Kier molecular flexibility index (Phi) is 9.85. The minimum atomic E-state index is -0.196. The molecule has 0 aliphatic heterocycles. The topological polar surface area (TPSA) is 50.2 Å². The number of allylic oxidation sites excluding steroid dienone is 2. The van der Waals surface area contributed by atoms with Crippen LogP contribution < -0.4 is 0 Å². The van der Waals surface area contributed by atoms with Gasteiger partial charge in [-0.2, -0.15) is 0 Å². The molecule has 0 amide bonds. The van der Waals surface area contributed by atoms with Gasteiger partial charge >= 0.3 is 0 Å². The molecule has 4 heteroatoms. The minimum absolute atomic E-state index is 0. The van der Waals surface area contributed by atoms with Crippen LogP contribution >= 0.6 is 0 Å². The van der Waals surface area contributed by atoms with Gasteiger partial charge in [-0.25, -0.2) is 0 Å². The summed E-state index contributed by atoms with van der Waals surface area (Å²) >= 11 is 0. The van der Waals surface area contributed by atoms with E-state index in [1.54, 1.807) is 18.2 Å². The van der Waals surface area contributed by atoms with Crippen LogP contribution in [0.5, 0.6) is 0 Å². The van der Waals surface area contributed by atoms with Crippen LogP contribution in [0.2, 0.25) is 0 Å². The van der Waals surface area contributed by atoms with Gasteiger partial charge in [0, 0.05) is 37.9 Å². The van der Waals surface area contributed by atoms with Gasteiger partial charge in [0.2, 0.25) is 0 Å². The van der Waals surface area contributed by atoms with Crippen LogP contribution in [-0.2, 0) is 20.1 Å². The Balaban J connectivity index is 0.000000204. The number of benzene rings is 4. The van der Waals surface area contributed by atoms with E-state index < -0.39 is 0 Å². The van der Waals surface area contributed by atoms with E-state index in [0.717, 1.165) is 27.9 Å². The van der Waals surface area contributed by atoms with Crippen molar-refractivity contribution in [1.82, 2.24) is 4.98 Å². The van der Waals surface area contributed by atoms with Crippen molar-refractivity contribution in [1.29, 1.82) is 0 Å². The maximum atomic E-state index is 11.7. The zero-order valence-corrected chi connectivity index (χ0v) is 22.8. The maximum Gasteiger partial charge on any atom is 0.189 e. The van der Waals surface area contributed by atoms with Crippen molar-refractivity contribution in [3.05, 3.63) is 145 Å². The molecule has 0 saturated carbocycles. The number of fused-ring (bicyclic) bond motifs is 1. The van der Waals surface area contributed by atoms with Gasteiger partial charge in [-0.3, -0.25) is 4.79 Å². The predicted octanol–water partition coefficient (Wildman–Crippen LogP) is 8.34. The first-order chi connectivity index (χ1) is 17.5. The molecule has 0 aliphatic rings. The number of aliphatic hydroxyl groups excluding tert-OH is 1. The molecule has 1 N–H and O–H groups in total. The maximum absolute atomic E-state index is 11.7. The van der Waals surface area contributed by atoms with Crippen LogP contribution in [0.3, 0.4) is 0 Å². The first-order valence-electron chi connectivity index (χ1n) is 11.6. The Morgan fingerprint density at radius 2 is 1.51 bits per heavy atom. The summed E-state index contributed by atoms with van der Waals surface area (Å²) in [5.74, 6) is -0.183. The monoisotopic (exact) mass is 661 g/mol. The largest absolute Gasteiger partial charge is 0.512 e. The number of carbonyl (C=O) groups is 1. The third-order valence-corrected chi connectivity index (χ3v) is 5.63. The van der Waals surface area contributed by atoms with Crippen LogP contribution in [0.4, 0.5) is 0 Å². The van der Waals surface area contributed by atoms with Crippen molar-refractivity contribution < 1.29 is 30.0 Å². The number of ketones is 1. The van der Waals surface area contributed by atoms with E-state index in [4.69, 9.17) is 5.11 Å². The van der Waals surface area contributed by atoms with Crippen molar-refractivity contribution >= 4 is 22.6 Å². The minimum Gasteiger partial charge on any atom is -0.512 e. The van der Waals surface area contributed by atoms with E-state index in [2.05, 4.69) is 29.8 Å². The Hall–Kier alpha value is -4.11. The smallest absolute Gasteiger partial charge is 0.189 e. The first-order valence-corrected chi connectivity index (χ1v) is 11.6. The van der Waals surface area contributed by atoms with E-state index in [1.807, 2.05) is 85.1 Å². The fraction of sp³-hybridized carbons (Fsp3) is 0.0303. The summed E-state index contributed by atoms with van der Waals surface area (Å²) < 4.78 is 0. The molecule has 5 rings (SSSR count). The molecule has 1 radical (unpaired) electrons. The molecular weight excluding hydrogens is 635 g/mol. The van der Waals surface area contributed by atoms with Gasteiger partial charge in [-0.05, 0) is 46.1 Å². The second-order valence-electron chi connectivity index (χ2n) is 8.21. The number of aromatic nitrogens is 1. The Labute approximate surface area is 231 Å². The van der Waals surface area contributed by atoms with Crippen molar-refractivity contribution in [3.63, 3.8) is 0 Å². The van der Waals surface area contributed by atoms with E-state index in [-0.39, 0.29) is 31.6 Å². The summed E-state index contributed by atoms with van der Waals surface area (Å²) in [6.07, 6.45) is 4.86. The summed E-state index contributed by atoms with van der Waals surface area (Å²) in [6, 6.07) is 36.8. The molecule has 4 aromatic carbocycles. The van der Waals surface area contributed by atoms with Crippen molar-refractivity contribution in [2.45, 2.75) is 6.92 Å². The summed E-state index contributed by atoms with van der Waals surface area (Å²) in [7, 11) is 0. The van der Waals surface area contributed by atoms with Gasteiger partial charge in [0.15, 0.2) is 5.78 Å². The molecule has 37 heavy (non-hydrogen) atoms. The molecule has 1 aromatic heterocycles. The average Bonchev–Trinajstić information content (AvgIpc) is 2.93. The molecule has 0 fully saturated rings. The Morgan fingerprint density at radius 1 is 0.865 bits per heavy atom. The molecule has 185 valence electrons. The van der Waals surface area contributed by atoms with E-state index in [9.17, 15) is 4.79 Å². The predicted molar refractivity (Wildman–Crippen MR) is 149 cm³/mol. The molecular formula is C33H26IrNO2-. The normalized spacial score (nSPS) is 10.6. The molecule has 1 heterocycles. The van der Waals surface area contributed by atoms with Gasteiger partial charge in [-0.1, -0.05) is 85.5 Å². The summed E-state index contributed by atoms with van der Waals surface area (Å²) in [6.45, 7) is 5.20. The first kappa shape index (κ1) is 27.5. The molecule has 0 bridgehead atoms. The standard InChI is InChI=1S/C18H16O2.C15H10N.Ir/c1-3-14-4-6-15(7-5-14)16-8-10-17(11-9-16)18(20)12-13(2)19;1-2-7-13(8-3-1)15-14-9-5-4-6-12(14)10-11-16-15;/h3-12,19H,1H2,2H3;1-7,9-11H;/q;-1;/b13-12-;;. The number of pyridine rings is 1. The van der Waals surface area contributed by atoms with E-state index >= 15 is 0 Å². The fourth-order valence-electron chi connectivity index (χ4n) is 3.79. The number of rotatable bonds is 5.